The zero-order chi connectivity index (χ0) is 26.3. The number of carbonyl (C=O) groups excluding carboxylic acids is 1. The molecule has 7 heteroatoms. The summed E-state index contributed by atoms with van der Waals surface area (Å²) in [4.78, 5) is 16.5. The topological polar surface area (TPSA) is 54.0 Å². The minimum atomic E-state index is -0.538. The Bertz CT molecular complexity index is 1000. The molecule has 1 atom stereocenters. The first-order chi connectivity index (χ1) is 17.0. The fraction of sp³-hybridized carbons (Fsp3) is 0.483. The van der Waals surface area contributed by atoms with Crippen molar-refractivity contribution in [2.45, 2.75) is 65.8 Å². The molecule has 2 aromatic carbocycles. The van der Waals surface area contributed by atoms with Gasteiger partial charge < -0.3 is 24.6 Å². The molecule has 1 aliphatic rings. The van der Waals surface area contributed by atoms with Crippen molar-refractivity contribution >= 4 is 6.09 Å². The number of likely N-dealkylation sites (tertiary alicyclic amines) is 1. The summed E-state index contributed by atoms with van der Waals surface area (Å²) in [6.07, 6.45) is 0.494. The maximum absolute atomic E-state index is 13.5. The molecule has 6 nitrogen and oxygen atoms in total. The number of nitrogens with one attached hydrogen (secondary N) is 1. The summed E-state index contributed by atoms with van der Waals surface area (Å²) < 4.78 is 24.8. The van der Waals surface area contributed by atoms with Gasteiger partial charge in [-0.05, 0) is 68.5 Å². The van der Waals surface area contributed by atoms with Crippen molar-refractivity contribution in [3.8, 4) is 5.75 Å². The smallest absolute Gasteiger partial charge is 0.410 e. The Kier molecular flexibility index (Phi) is 9.24. The Morgan fingerprint density at radius 1 is 1.14 bits per heavy atom. The van der Waals surface area contributed by atoms with Crippen molar-refractivity contribution in [3.63, 3.8) is 0 Å². The Labute approximate surface area is 215 Å². The summed E-state index contributed by atoms with van der Waals surface area (Å²) in [6, 6.07) is 14.6. The summed E-state index contributed by atoms with van der Waals surface area (Å²) in [5.74, 6) is 1.83. The van der Waals surface area contributed by atoms with E-state index in [4.69, 9.17) is 9.47 Å². The van der Waals surface area contributed by atoms with Crippen molar-refractivity contribution < 1.29 is 18.7 Å². The van der Waals surface area contributed by atoms with E-state index in [1.165, 1.54) is 12.1 Å². The van der Waals surface area contributed by atoms with Crippen molar-refractivity contribution in [3.05, 3.63) is 77.9 Å². The molecule has 2 aromatic rings. The summed E-state index contributed by atoms with van der Waals surface area (Å²) in [7, 11) is 0. The van der Waals surface area contributed by atoms with Gasteiger partial charge in [0.2, 0.25) is 0 Å². The van der Waals surface area contributed by atoms with Gasteiger partial charge in [0.05, 0.1) is 18.5 Å². The Morgan fingerprint density at radius 2 is 1.78 bits per heavy atom. The van der Waals surface area contributed by atoms with Gasteiger partial charge >= 0.3 is 6.09 Å². The van der Waals surface area contributed by atoms with Crippen LogP contribution in [0.15, 0.2) is 60.9 Å². The lowest BCUT2D eigenvalue weighted by Crippen LogP contribution is -2.42. The molecular formula is C29H40FN3O3. The average Bonchev–Trinajstić information content (AvgIpc) is 3.30. The number of halogens is 1. The molecule has 1 heterocycles. The number of amides is 1. The summed E-state index contributed by atoms with van der Waals surface area (Å²) in [6.45, 7) is 17.2. The SMILES string of the molecule is C=C(NCc1ccc(OCC(C)C)cc1)N(Cc1ccc(F)cc1)C1CCN(C(=O)OC(C)(C)C)C1. The van der Waals surface area contributed by atoms with E-state index < -0.39 is 5.60 Å². The maximum atomic E-state index is 13.5. The lowest BCUT2D eigenvalue weighted by molar-refractivity contribution is 0.0282. The van der Waals surface area contributed by atoms with Crippen LogP contribution >= 0.6 is 0 Å². The number of hydrogen-bond donors (Lipinski definition) is 1. The van der Waals surface area contributed by atoms with Crippen LogP contribution in [0.25, 0.3) is 0 Å². The molecule has 1 amide bonds. The molecule has 0 radical (unpaired) electrons. The predicted molar refractivity (Wildman–Crippen MR) is 141 cm³/mol. The molecule has 1 aliphatic heterocycles. The highest BCUT2D eigenvalue weighted by molar-refractivity contribution is 5.68. The summed E-state index contributed by atoms with van der Waals surface area (Å²) in [5, 5.41) is 3.44. The zero-order valence-corrected chi connectivity index (χ0v) is 22.2. The van der Waals surface area contributed by atoms with E-state index >= 15 is 0 Å². The van der Waals surface area contributed by atoms with Gasteiger partial charge in [0.1, 0.15) is 17.2 Å². The number of nitrogens with zero attached hydrogens (tertiary/aromatic N) is 2. The molecule has 0 spiro atoms. The molecule has 1 unspecified atom stereocenters. The minimum Gasteiger partial charge on any atom is -0.493 e. The second-order valence-corrected chi connectivity index (χ2v) is 10.8. The van der Waals surface area contributed by atoms with Crippen LogP contribution in [0.2, 0.25) is 0 Å². The molecule has 0 aromatic heterocycles. The molecule has 1 N–H and O–H groups in total. The van der Waals surface area contributed by atoms with E-state index in [2.05, 4.69) is 30.6 Å². The van der Waals surface area contributed by atoms with Gasteiger partial charge in [-0.25, -0.2) is 9.18 Å². The van der Waals surface area contributed by atoms with Gasteiger partial charge in [0.25, 0.3) is 0 Å². The number of rotatable bonds is 10. The van der Waals surface area contributed by atoms with Gasteiger partial charge in [-0.3, -0.25) is 0 Å². The molecule has 1 saturated heterocycles. The highest BCUT2D eigenvalue weighted by atomic mass is 19.1. The molecule has 3 rings (SSSR count). The van der Waals surface area contributed by atoms with Gasteiger partial charge in [-0.15, -0.1) is 0 Å². The second-order valence-electron chi connectivity index (χ2n) is 10.8. The summed E-state index contributed by atoms with van der Waals surface area (Å²) >= 11 is 0. The van der Waals surface area contributed by atoms with Crippen molar-refractivity contribution in [2.75, 3.05) is 19.7 Å². The lowest BCUT2D eigenvalue weighted by atomic mass is 10.1. The standard InChI is InChI=1S/C29H40FN3O3/c1-21(2)20-35-27-13-9-23(10-14-27)17-31-22(3)33(18-24-7-11-25(30)12-8-24)26-15-16-32(19-26)28(34)36-29(4,5)6/h7-14,21,26,31H,3,15-20H2,1-2,4-6H3. The van der Waals surface area contributed by atoms with Crippen molar-refractivity contribution in [2.24, 2.45) is 5.92 Å². The van der Waals surface area contributed by atoms with E-state index in [-0.39, 0.29) is 18.0 Å². The molecular weight excluding hydrogens is 457 g/mol. The van der Waals surface area contributed by atoms with Gasteiger partial charge in [0.15, 0.2) is 0 Å². The van der Waals surface area contributed by atoms with Crippen LogP contribution in [0.5, 0.6) is 5.75 Å². The van der Waals surface area contributed by atoms with E-state index in [0.717, 1.165) is 29.1 Å². The first kappa shape index (κ1) is 27.4. The normalized spacial score (nSPS) is 15.6. The van der Waals surface area contributed by atoms with Crippen LogP contribution in [0.3, 0.4) is 0 Å². The average molecular weight is 498 g/mol. The quantitative estimate of drug-likeness (QED) is 0.441. The van der Waals surface area contributed by atoms with Crippen LogP contribution in [-0.4, -0.2) is 47.2 Å². The molecule has 0 saturated carbocycles. The third-order valence-corrected chi connectivity index (χ3v) is 5.87. The van der Waals surface area contributed by atoms with Crippen molar-refractivity contribution in [1.29, 1.82) is 0 Å². The predicted octanol–water partition coefficient (Wildman–Crippen LogP) is 5.93. The van der Waals surface area contributed by atoms with E-state index in [9.17, 15) is 9.18 Å². The van der Waals surface area contributed by atoms with Crippen LogP contribution in [0.1, 0.15) is 52.2 Å². The molecule has 196 valence electrons. The molecule has 1 fully saturated rings. The van der Waals surface area contributed by atoms with Gasteiger partial charge in [-0.1, -0.05) is 44.7 Å². The molecule has 0 aliphatic carbocycles. The fourth-order valence-electron chi connectivity index (χ4n) is 3.99. The molecule has 36 heavy (non-hydrogen) atoms. The van der Waals surface area contributed by atoms with E-state index in [0.29, 0.717) is 38.7 Å². The van der Waals surface area contributed by atoms with Crippen LogP contribution in [0, 0.1) is 11.7 Å². The second kappa shape index (κ2) is 12.2. The van der Waals surface area contributed by atoms with E-state index in [1.807, 2.05) is 45.0 Å². The van der Waals surface area contributed by atoms with Crippen LogP contribution < -0.4 is 10.1 Å². The Hall–Kier alpha value is -3.22. The zero-order valence-electron chi connectivity index (χ0n) is 22.2. The van der Waals surface area contributed by atoms with Crippen LogP contribution in [0.4, 0.5) is 9.18 Å². The number of ether oxygens (including phenoxy) is 2. The maximum Gasteiger partial charge on any atom is 0.410 e. The fourth-order valence-corrected chi connectivity index (χ4v) is 3.99. The third-order valence-electron chi connectivity index (χ3n) is 5.87. The highest BCUT2D eigenvalue weighted by Crippen LogP contribution is 2.23. The minimum absolute atomic E-state index is 0.0642. The third kappa shape index (κ3) is 8.47. The highest BCUT2D eigenvalue weighted by Gasteiger charge is 2.33. The Morgan fingerprint density at radius 3 is 2.39 bits per heavy atom. The van der Waals surface area contributed by atoms with Gasteiger partial charge in [0, 0.05) is 26.2 Å². The Balaban J connectivity index is 1.65. The summed E-state index contributed by atoms with van der Waals surface area (Å²) in [5.41, 5.74) is 1.54. The lowest BCUT2D eigenvalue weighted by Gasteiger charge is -2.33. The monoisotopic (exact) mass is 497 g/mol. The number of hydrogen-bond acceptors (Lipinski definition) is 5. The molecule has 0 bridgehead atoms. The van der Waals surface area contributed by atoms with E-state index in [1.54, 1.807) is 17.0 Å². The van der Waals surface area contributed by atoms with Gasteiger partial charge in [-0.2, -0.15) is 0 Å². The largest absolute Gasteiger partial charge is 0.493 e. The van der Waals surface area contributed by atoms with Crippen molar-refractivity contribution in [1.82, 2.24) is 15.1 Å². The first-order valence-electron chi connectivity index (χ1n) is 12.6. The first-order valence-corrected chi connectivity index (χ1v) is 12.6. The number of carbonyl (C=O) groups is 1. The number of benzene rings is 2. The van der Waals surface area contributed by atoms with Crippen LogP contribution in [-0.2, 0) is 17.8 Å².